The summed E-state index contributed by atoms with van der Waals surface area (Å²) >= 11 is -0.516. The molecule has 0 aliphatic carbocycles. The first-order valence-corrected chi connectivity index (χ1v) is 15.1. The van der Waals surface area contributed by atoms with Crippen LogP contribution in [0.2, 0.25) is 0 Å². The molecule has 174 valence electrons. The second-order valence-corrected chi connectivity index (χ2v) is 13.7. The fourth-order valence-electron chi connectivity index (χ4n) is 4.85. The van der Waals surface area contributed by atoms with Gasteiger partial charge in [-0.15, -0.1) is 0 Å². The van der Waals surface area contributed by atoms with E-state index in [-0.39, 0.29) is 5.82 Å². The first kappa shape index (κ1) is 21.9. The van der Waals surface area contributed by atoms with Crippen molar-refractivity contribution in [3.8, 4) is 22.5 Å². The Labute approximate surface area is 208 Å². The van der Waals surface area contributed by atoms with Crippen LogP contribution >= 0.6 is 0 Å². The van der Waals surface area contributed by atoms with Crippen LogP contribution in [0.4, 0.5) is 4.39 Å². The van der Waals surface area contributed by atoms with Crippen LogP contribution in [0.15, 0.2) is 77.7 Å². The molecule has 3 heterocycles. The van der Waals surface area contributed by atoms with E-state index in [0.29, 0.717) is 4.90 Å². The normalized spacial score (nSPS) is 20.9. The predicted octanol–water partition coefficient (Wildman–Crippen LogP) is 1.57. The molecule has 0 amide bonds. The van der Waals surface area contributed by atoms with E-state index in [0.717, 1.165) is 45.3 Å². The Morgan fingerprint density at radius 2 is 1.76 bits per heavy atom. The van der Waals surface area contributed by atoms with E-state index in [1.807, 2.05) is 29.9 Å². The molecule has 3 aromatic carbocycles. The van der Waals surface area contributed by atoms with Gasteiger partial charge in [0.1, 0.15) is 0 Å². The fourth-order valence-corrected chi connectivity index (χ4v) is 11.3. The van der Waals surface area contributed by atoms with Gasteiger partial charge in [-0.3, -0.25) is 0 Å². The molecule has 0 radical (unpaired) electrons. The van der Waals surface area contributed by atoms with E-state index in [1.165, 1.54) is 23.3 Å². The van der Waals surface area contributed by atoms with Gasteiger partial charge >= 0.3 is 209 Å². The number of fused-ring (bicyclic) bond motifs is 3. The molecular weight excluding hydrogens is 564 g/mol. The zero-order chi connectivity index (χ0) is 23.5. The number of aryl methyl sites for hydroxylation is 2. The van der Waals surface area contributed by atoms with Crippen molar-refractivity contribution >= 4 is 10.0 Å². The molecule has 1 N–H and O–H groups in total. The van der Waals surface area contributed by atoms with E-state index in [9.17, 15) is 12.8 Å². The molecule has 0 saturated heterocycles. The molecule has 2 aliphatic rings. The molecule has 0 fully saturated rings. The molecule has 0 saturated carbocycles. The molecule has 1 atom stereocenters. The van der Waals surface area contributed by atoms with Gasteiger partial charge in [0.25, 0.3) is 0 Å². The molecule has 8 heteroatoms. The Bertz CT molecular complexity index is 1530. The van der Waals surface area contributed by atoms with Crippen molar-refractivity contribution in [2.24, 2.45) is 7.05 Å². The summed E-state index contributed by atoms with van der Waals surface area (Å²) in [5.74, 6) is -0.259. The molecule has 1 aromatic heterocycles. The van der Waals surface area contributed by atoms with Crippen molar-refractivity contribution in [1.82, 2.24) is 14.5 Å². The topological polar surface area (TPSA) is 64.0 Å². The first-order valence-electron chi connectivity index (χ1n) is 11.0. The van der Waals surface area contributed by atoms with Crippen molar-refractivity contribution in [2.75, 3.05) is 0 Å². The van der Waals surface area contributed by atoms with Crippen LogP contribution < -0.4 is 25.9 Å². The number of hydrogen-bond acceptors (Lipinski definition) is 3. The van der Waals surface area contributed by atoms with Crippen LogP contribution in [0.3, 0.4) is 0 Å². The minimum atomic E-state index is -3.46. The summed E-state index contributed by atoms with van der Waals surface area (Å²) in [6.45, 7) is 0. The Morgan fingerprint density at radius 1 is 1.00 bits per heavy atom. The SMILES string of the molecule is Cn1nc(-c2ccc3c(c2)C[I-][C@@]2(CC3)NS(=O)(=O)c3ccccc32)cc1-c1ccc(F)cc1. The molecule has 0 bridgehead atoms. The third-order valence-corrected chi connectivity index (χ3v) is 12.4. The van der Waals surface area contributed by atoms with Gasteiger partial charge < -0.3 is 0 Å². The monoisotopic (exact) mass is 586 g/mol. The van der Waals surface area contributed by atoms with E-state index >= 15 is 0 Å². The predicted molar refractivity (Wildman–Crippen MR) is 125 cm³/mol. The summed E-state index contributed by atoms with van der Waals surface area (Å²) in [7, 11) is -1.56. The van der Waals surface area contributed by atoms with Crippen LogP contribution in [0.5, 0.6) is 0 Å². The van der Waals surface area contributed by atoms with Gasteiger partial charge in [-0.1, -0.05) is 0 Å². The molecule has 5 nitrogen and oxygen atoms in total. The van der Waals surface area contributed by atoms with Crippen LogP contribution in [-0.4, -0.2) is 18.2 Å². The number of benzene rings is 3. The average Bonchev–Trinajstić information content (AvgIpc) is 3.25. The standard InChI is InChI=1S/C26H22FIN3O2S/c1-31-24(18-8-10-21(27)11-9-18)15-23(29-31)19-7-6-17-12-13-26(28-16-20(17)14-19)22-4-2-3-5-25(22)34(32,33)30-26/h2-11,14-15,30H,12-13,16H2,1H3/q-1/t26-/m0/s1. The van der Waals surface area contributed by atoms with Gasteiger partial charge in [0, 0.05) is 0 Å². The molecule has 1 spiro atoms. The first-order chi connectivity index (χ1) is 16.3. The van der Waals surface area contributed by atoms with Crippen molar-refractivity contribution in [3.63, 3.8) is 0 Å². The molecule has 6 rings (SSSR count). The number of hydrogen-bond donors (Lipinski definition) is 1. The maximum absolute atomic E-state index is 13.3. The third-order valence-electron chi connectivity index (χ3n) is 6.60. The maximum atomic E-state index is 13.3. The average molecular weight is 586 g/mol. The second kappa shape index (κ2) is 8.00. The quantitative estimate of drug-likeness (QED) is 0.221. The Balaban J connectivity index is 1.32. The van der Waals surface area contributed by atoms with E-state index in [4.69, 9.17) is 5.10 Å². The second-order valence-electron chi connectivity index (χ2n) is 8.70. The number of aromatic nitrogens is 2. The number of halogens is 2. The van der Waals surface area contributed by atoms with Crippen LogP contribution in [-0.2, 0) is 31.5 Å². The van der Waals surface area contributed by atoms with Crippen LogP contribution in [0.25, 0.3) is 22.5 Å². The van der Waals surface area contributed by atoms with E-state index < -0.39 is 34.8 Å². The van der Waals surface area contributed by atoms with Crippen molar-refractivity contribution in [2.45, 2.75) is 25.7 Å². The molecule has 0 unspecified atom stereocenters. The zero-order valence-corrected chi connectivity index (χ0v) is 21.4. The van der Waals surface area contributed by atoms with Gasteiger partial charge in [-0.05, 0) is 0 Å². The van der Waals surface area contributed by atoms with Gasteiger partial charge in [0.05, 0.1) is 0 Å². The van der Waals surface area contributed by atoms with Gasteiger partial charge in [-0.2, -0.15) is 0 Å². The van der Waals surface area contributed by atoms with Crippen molar-refractivity contribution in [1.29, 1.82) is 0 Å². The minimum absolute atomic E-state index is 0.259. The Hall–Kier alpha value is -2.56. The number of rotatable bonds is 2. The molecule has 4 aromatic rings. The Kier molecular flexibility index (Phi) is 5.16. The van der Waals surface area contributed by atoms with Crippen molar-refractivity contribution in [3.05, 3.63) is 95.3 Å². The number of nitrogens with one attached hydrogen (secondary N) is 1. The molecule has 34 heavy (non-hydrogen) atoms. The van der Waals surface area contributed by atoms with Crippen LogP contribution in [0.1, 0.15) is 23.1 Å². The van der Waals surface area contributed by atoms with Gasteiger partial charge in [-0.25, -0.2) is 0 Å². The zero-order valence-electron chi connectivity index (χ0n) is 18.4. The number of nitrogens with zero attached hydrogens (tertiary/aromatic N) is 2. The number of alkyl halides is 2. The third kappa shape index (κ3) is 3.59. The van der Waals surface area contributed by atoms with Gasteiger partial charge in [0.15, 0.2) is 0 Å². The molecule has 2 aliphatic heterocycles. The summed E-state index contributed by atoms with van der Waals surface area (Å²) < 4.78 is 44.2. The number of sulfonamides is 1. The van der Waals surface area contributed by atoms with Crippen LogP contribution in [0, 0.1) is 5.82 Å². The Morgan fingerprint density at radius 3 is 2.59 bits per heavy atom. The summed E-state index contributed by atoms with van der Waals surface area (Å²) in [6.07, 6.45) is 1.61. The van der Waals surface area contributed by atoms with Crippen molar-refractivity contribution < 1.29 is 34.0 Å². The summed E-state index contributed by atoms with van der Waals surface area (Å²) in [4.78, 5) is 0.433. The summed E-state index contributed by atoms with van der Waals surface area (Å²) in [6, 6.07) is 22.3. The van der Waals surface area contributed by atoms with E-state index in [1.54, 1.807) is 24.3 Å². The fraction of sp³-hybridized carbons (Fsp3) is 0.192. The van der Waals surface area contributed by atoms with Gasteiger partial charge in [0.2, 0.25) is 0 Å². The summed E-state index contributed by atoms with van der Waals surface area (Å²) in [5, 5.41) is 4.71. The summed E-state index contributed by atoms with van der Waals surface area (Å²) in [5.41, 5.74) is 7.23. The van der Waals surface area contributed by atoms with E-state index in [2.05, 4.69) is 22.9 Å². The molecular formula is C26H22FIN3O2S-.